The maximum absolute atomic E-state index is 5.67. The topological polar surface area (TPSA) is 35.2 Å². The summed E-state index contributed by atoms with van der Waals surface area (Å²) in [6.07, 6.45) is 2.66. The minimum absolute atomic E-state index is 0.400. The average Bonchev–Trinajstić information content (AvgIpc) is 3.12. The normalized spacial score (nSPS) is 14.3. The van der Waals surface area contributed by atoms with Crippen LogP contribution in [0, 0.1) is 17.8 Å². The molecule has 84 valence electrons. The van der Waals surface area contributed by atoms with Gasteiger partial charge in [0.05, 0.1) is 13.2 Å². The summed E-state index contributed by atoms with van der Waals surface area (Å²) in [7, 11) is 0. The number of hydrogen-bond acceptors (Lipinski definition) is 2. The molecule has 1 saturated carbocycles. The minimum atomic E-state index is 0.400. The van der Waals surface area contributed by atoms with Crippen molar-refractivity contribution >= 4 is 0 Å². The van der Waals surface area contributed by atoms with Gasteiger partial charge in [0, 0.05) is 12.2 Å². The first-order valence-electron chi connectivity index (χ1n) is 5.74. The number of nitrogens with two attached hydrogens (primary N) is 1. The number of benzene rings is 1. The summed E-state index contributed by atoms with van der Waals surface area (Å²) in [5.41, 5.74) is 7.56. The first kappa shape index (κ1) is 11.2. The van der Waals surface area contributed by atoms with Gasteiger partial charge in [-0.25, -0.2) is 0 Å². The summed E-state index contributed by atoms with van der Waals surface area (Å²) in [6, 6.07) is 8.08. The molecule has 2 nitrogen and oxygen atoms in total. The molecule has 16 heavy (non-hydrogen) atoms. The Morgan fingerprint density at radius 3 is 2.88 bits per heavy atom. The second kappa shape index (κ2) is 5.69. The second-order valence-corrected chi connectivity index (χ2v) is 4.12. The van der Waals surface area contributed by atoms with Crippen LogP contribution in [0.2, 0.25) is 0 Å². The molecule has 2 N–H and O–H groups in total. The summed E-state index contributed by atoms with van der Waals surface area (Å²) in [6.45, 7) is 1.95. The third-order valence-electron chi connectivity index (χ3n) is 2.65. The number of rotatable bonds is 4. The van der Waals surface area contributed by atoms with Crippen LogP contribution in [0.15, 0.2) is 24.3 Å². The van der Waals surface area contributed by atoms with Gasteiger partial charge >= 0.3 is 0 Å². The smallest absolute Gasteiger partial charge is 0.0729 e. The van der Waals surface area contributed by atoms with Gasteiger partial charge in [0.2, 0.25) is 0 Å². The van der Waals surface area contributed by atoms with Crippen LogP contribution in [-0.2, 0) is 11.3 Å². The highest BCUT2D eigenvalue weighted by Crippen LogP contribution is 2.29. The predicted molar refractivity (Wildman–Crippen MR) is 64.8 cm³/mol. The fraction of sp³-hybridized carbons (Fsp3) is 0.429. The van der Waals surface area contributed by atoms with E-state index in [1.807, 2.05) is 18.2 Å². The molecule has 1 aliphatic carbocycles. The molecule has 0 spiro atoms. The Balaban J connectivity index is 1.94. The second-order valence-electron chi connectivity index (χ2n) is 4.12. The molecule has 1 fully saturated rings. The van der Waals surface area contributed by atoms with Gasteiger partial charge in [-0.1, -0.05) is 30.0 Å². The quantitative estimate of drug-likeness (QED) is 0.779. The van der Waals surface area contributed by atoms with Gasteiger partial charge in [0.1, 0.15) is 0 Å². The molecule has 0 radical (unpaired) electrons. The van der Waals surface area contributed by atoms with Crippen LogP contribution in [0.25, 0.3) is 0 Å². The average molecular weight is 215 g/mol. The summed E-state index contributed by atoms with van der Waals surface area (Å²) in [4.78, 5) is 0. The van der Waals surface area contributed by atoms with E-state index in [0.717, 1.165) is 23.7 Å². The van der Waals surface area contributed by atoms with Crippen molar-refractivity contribution < 1.29 is 4.74 Å². The molecule has 0 saturated heterocycles. The van der Waals surface area contributed by atoms with E-state index in [0.29, 0.717) is 13.2 Å². The molecule has 1 aromatic rings. The van der Waals surface area contributed by atoms with E-state index in [1.165, 1.54) is 12.8 Å². The molecule has 2 heteroatoms. The molecular formula is C14H17NO. The van der Waals surface area contributed by atoms with Crippen molar-refractivity contribution in [3.05, 3.63) is 35.4 Å². The molecule has 0 unspecified atom stereocenters. The van der Waals surface area contributed by atoms with Crippen LogP contribution in [0.5, 0.6) is 0 Å². The van der Waals surface area contributed by atoms with E-state index in [9.17, 15) is 0 Å². The van der Waals surface area contributed by atoms with Gasteiger partial charge in [0.15, 0.2) is 0 Å². The van der Waals surface area contributed by atoms with Crippen LogP contribution in [0.3, 0.4) is 0 Å². The fourth-order valence-electron chi connectivity index (χ4n) is 1.53. The summed E-state index contributed by atoms with van der Waals surface area (Å²) < 4.78 is 5.67. The SMILES string of the molecule is NCC#Cc1ccccc1COCC1CC1. The lowest BCUT2D eigenvalue weighted by molar-refractivity contribution is 0.111. The fourth-order valence-corrected chi connectivity index (χ4v) is 1.53. The van der Waals surface area contributed by atoms with Crippen molar-refractivity contribution in [3.8, 4) is 11.8 Å². The zero-order valence-corrected chi connectivity index (χ0v) is 9.41. The van der Waals surface area contributed by atoms with E-state index in [-0.39, 0.29) is 0 Å². The van der Waals surface area contributed by atoms with Gasteiger partial charge in [-0.05, 0) is 30.4 Å². The first-order chi connectivity index (χ1) is 7.90. The lowest BCUT2D eigenvalue weighted by Crippen LogP contribution is -1.99. The Bertz CT molecular complexity index is 399. The molecule has 0 aromatic heterocycles. The van der Waals surface area contributed by atoms with Crippen molar-refractivity contribution in [2.45, 2.75) is 19.4 Å². The van der Waals surface area contributed by atoms with Crippen molar-refractivity contribution in [3.63, 3.8) is 0 Å². The van der Waals surface area contributed by atoms with Gasteiger partial charge in [-0.2, -0.15) is 0 Å². The van der Waals surface area contributed by atoms with Gasteiger partial charge in [0.25, 0.3) is 0 Å². The zero-order valence-electron chi connectivity index (χ0n) is 9.41. The molecule has 0 aliphatic heterocycles. The highest BCUT2D eigenvalue weighted by atomic mass is 16.5. The Labute approximate surface area is 96.8 Å². The standard InChI is InChI=1S/C14H17NO/c15-9-3-6-13-4-1-2-5-14(13)11-16-10-12-7-8-12/h1-2,4-5,12H,7-11,15H2. The third kappa shape index (κ3) is 3.37. The van der Waals surface area contributed by atoms with E-state index in [1.54, 1.807) is 0 Å². The zero-order chi connectivity index (χ0) is 11.2. The number of ether oxygens (including phenoxy) is 1. The summed E-state index contributed by atoms with van der Waals surface area (Å²) >= 11 is 0. The maximum Gasteiger partial charge on any atom is 0.0729 e. The van der Waals surface area contributed by atoms with Gasteiger partial charge < -0.3 is 10.5 Å². The molecule has 0 amide bonds. The van der Waals surface area contributed by atoms with Gasteiger partial charge in [-0.15, -0.1) is 0 Å². The monoisotopic (exact) mass is 215 g/mol. The minimum Gasteiger partial charge on any atom is -0.376 e. The third-order valence-corrected chi connectivity index (χ3v) is 2.65. The van der Waals surface area contributed by atoms with Crippen LogP contribution < -0.4 is 5.73 Å². The van der Waals surface area contributed by atoms with Crippen LogP contribution in [0.4, 0.5) is 0 Å². The summed E-state index contributed by atoms with van der Waals surface area (Å²) in [5.74, 6) is 6.76. The Morgan fingerprint density at radius 1 is 1.31 bits per heavy atom. The Hall–Kier alpha value is -1.30. The lowest BCUT2D eigenvalue weighted by atomic mass is 10.1. The highest BCUT2D eigenvalue weighted by molar-refractivity contribution is 5.41. The van der Waals surface area contributed by atoms with E-state index in [4.69, 9.17) is 10.5 Å². The lowest BCUT2D eigenvalue weighted by Gasteiger charge is -2.05. The predicted octanol–water partition coefficient (Wildman–Crippen LogP) is 1.92. The Kier molecular flexibility index (Phi) is 3.98. The largest absolute Gasteiger partial charge is 0.376 e. The first-order valence-corrected chi connectivity index (χ1v) is 5.74. The maximum atomic E-state index is 5.67. The van der Waals surface area contributed by atoms with Crippen LogP contribution in [0.1, 0.15) is 24.0 Å². The molecule has 0 heterocycles. The number of hydrogen-bond donors (Lipinski definition) is 1. The molecule has 1 aliphatic rings. The highest BCUT2D eigenvalue weighted by Gasteiger charge is 2.21. The molecule has 2 rings (SSSR count). The molecular weight excluding hydrogens is 198 g/mol. The molecule has 1 aromatic carbocycles. The summed E-state index contributed by atoms with van der Waals surface area (Å²) in [5, 5.41) is 0. The van der Waals surface area contributed by atoms with Crippen molar-refractivity contribution in [2.24, 2.45) is 11.7 Å². The van der Waals surface area contributed by atoms with E-state index >= 15 is 0 Å². The van der Waals surface area contributed by atoms with E-state index in [2.05, 4.69) is 17.9 Å². The Morgan fingerprint density at radius 2 is 2.12 bits per heavy atom. The van der Waals surface area contributed by atoms with Crippen LogP contribution in [-0.4, -0.2) is 13.2 Å². The van der Waals surface area contributed by atoms with Gasteiger partial charge in [-0.3, -0.25) is 0 Å². The molecule has 0 atom stereocenters. The van der Waals surface area contributed by atoms with Crippen molar-refractivity contribution in [1.29, 1.82) is 0 Å². The molecule has 0 bridgehead atoms. The van der Waals surface area contributed by atoms with E-state index < -0.39 is 0 Å². The van der Waals surface area contributed by atoms with Crippen molar-refractivity contribution in [1.82, 2.24) is 0 Å². The van der Waals surface area contributed by atoms with Crippen molar-refractivity contribution in [2.75, 3.05) is 13.2 Å². The van der Waals surface area contributed by atoms with Crippen LogP contribution >= 0.6 is 0 Å².